The summed E-state index contributed by atoms with van der Waals surface area (Å²) in [6.45, 7) is 12.4. The Morgan fingerprint density at radius 1 is 1.10 bits per heavy atom. The Morgan fingerprint density at radius 2 is 1.75 bits per heavy atom. The summed E-state index contributed by atoms with van der Waals surface area (Å²) in [5.41, 5.74) is -0.745. The van der Waals surface area contributed by atoms with Crippen molar-refractivity contribution in [2.45, 2.75) is 85.7 Å². The molecule has 0 amide bonds. The van der Waals surface area contributed by atoms with Crippen LogP contribution in [-0.2, 0) is 9.53 Å². The molecule has 0 heterocycles. The third kappa shape index (κ3) is 5.68. The van der Waals surface area contributed by atoms with Crippen LogP contribution >= 0.6 is 0 Å². The monoisotopic (exact) mass is 280 g/mol. The van der Waals surface area contributed by atoms with Gasteiger partial charge in [-0.2, -0.15) is 0 Å². The molecule has 0 bridgehead atoms. The molecule has 0 spiro atoms. The maximum atomic E-state index is 12.8. The van der Waals surface area contributed by atoms with Crippen molar-refractivity contribution in [2.75, 3.05) is 0 Å². The average Bonchev–Trinajstić information content (AvgIpc) is 2.17. The summed E-state index contributed by atoms with van der Waals surface area (Å²) in [7, 11) is 0. The molecule has 0 fully saturated rings. The molecule has 0 radical (unpaired) electrons. The Kier molecular flexibility index (Phi) is 5.46. The van der Waals surface area contributed by atoms with Crippen LogP contribution in [0.5, 0.6) is 0 Å². The standard InChI is InChI=1S/C18H32O2/c1-16(2,3)14-18(15(19)20-17(4,5)6)12-10-8-7-9-11-13-18/h10,12H,7-9,11,13-14H2,1-6H3/b12-10+. The number of hydrogen-bond acceptors (Lipinski definition) is 2. The van der Waals surface area contributed by atoms with Crippen molar-refractivity contribution in [3.05, 3.63) is 12.2 Å². The summed E-state index contributed by atoms with van der Waals surface area (Å²) in [6.07, 6.45) is 10.7. The summed E-state index contributed by atoms with van der Waals surface area (Å²) in [4.78, 5) is 12.8. The van der Waals surface area contributed by atoms with Crippen LogP contribution in [0.25, 0.3) is 0 Å². The summed E-state index contributed by atoms with van der Waals surface area (Å²) >= 11 is 0. The zero-order valence-corrected chi connectivity index (χ0v) is 14.2. The second-order valence-corrected chi connectivity index (χ2v) is 8.40. The van der Waals surface area contributed by atoms with Gasteiger partial charge in [-0.05, 0) is 51.9 Å². The first-order chi connectivity index (χ1) is 9.04. The minimum absolute atomic E-state index is 0.0434. The van der Waals surface area contributed by atoms with Gasteiger partial charge in [0.1, 0.15) is 5.60 Å². The van der Waals surface area contributed by atoms with Gasteiger partial charge >= 0.3 is 5.97 Å². The maximum absolute atomic E-state index is 12.8. The second-order valence-electron chi connectivity index (χ2n) is 8.40. The van der Waals surface area contributed by atoms with E-state index in [4.69, 9.17) is 4.74 Å². The van der Waals surface area contributed by atoms with Crippen LogP contribution in [0, 0.1) is 10.8 Å². The Bertz CT molecular complexity index is 355. The molecule has 0 N–H and O–H groups in total. The van der Waals surface area contributed by atoms with Gasteiger partial charge in [0.2, 0.25) is 0 Å². The lowest BCUT2D eigenvalue weighted by Crippen LogP contribution is -2.39. The molecule has 0 saturated carbocycles. The van der Waals surface area contributed by atoms with E-state index in [1.807, 2.05) is 20.8 Å². The average molecular weight is 280 g/mol. The summed E-state index contributed by atoms with van der Waals surface area (Å²) in [6, 6.07) is 0. The molecule has 2 heteroatoms. The molecule has 2 nitrogen and oxygen atoms in total. The number of rotatable bonds is 2. The molecular formula is C18H32O2. The van der Waals surface area contributed by atoms with Gasteiger partial charge in [0.05, 0.1) is 5.41 Å². The van der Waals surface area contributed by atoms with Gasteiger partial charge in [0, 0.05) is 0 Å². The normalized spacial score (nSPS) is 26.5. The van der Waals surface area contributed by atoms with Gasteiger partial charge in [-0.15, -0.1) is 0 Å². The van der Waals surface area contributed by atoms with Crippen LogP contribution in [0.15, 0.2) is 12.2 Å². The maximum Gasteiger partial charge on any atom is 0.316 e. The summed E-state index contributed by atoms with van der Waals surface area (Å²) in [5.74, 6) is -0.0434. The van der Waals surface area contributed by atoms with E-state index in [0.717, 1.165) is 25.7 Å². The van der Waals surface area contributed by atoms with E-state index in [1.165, 1.54) is 12.8 Å². The summed E-state index contributed by atoms with van der Waals surface area (Å²) in [5, 5.41) is 0. The first-order valence-corrected chi connectivity index (χ1v) is 7.95. The number of carbonyl (C=O) groups excluding carboxylic acids is 1. The first-order valence-electron chi connectivity index (χ1n) is 7.95. The van der Waals surface area contributed by atoms with Gasteiger partial charge in [-0.3, -0.25) is 4.79 Å². The molecule has 20 heavy (non-hydrogen) atoms. The van der Waals surface area contributed by atoms with Crippen LogP contribution in [0.4, 0.5) is 0 Å². The van der Waals surface area contributed by atoms with Crippen molar-refractivity contribution in [3.8, 4) is 0 Å². The minimum Gasteiger partial charge on any atom is -0.459 e. The van der Waals surface area contributed by atoms with Crippen molar-refractivity contribution < 1.29 is 9.53 Å². The fourth-order valence-electron chi connectivity index (χ4n) is 2.99. The zero-order valence-electron chi connectivity index (χ0n) is 14.2. The van der Waals surface area contributed by atoms with Crippen molar-refractivity contribution in [3.63, 3.8) is 0 Å². The third-order valence-electron chi connectivity index (χ3n) is 3.58. The highest BCUT2D eigenvalue weighted by Crippen LogP contribution is 2.42. The number of carbonyl (C=O) groups is 1. The predicted octanol–water partition coefficient (Wildman–Crippen LogP) is 5.27. The van der Waals surface area contributed by atoms with E-state index in [-0.39, 0.29) is 11.4 Å². The number of ether oxygens (including phenoxy) is 1. The molecule has 1 aliphatic rings. The Balaban J connectivity index is 3.04. The van der Waals surface area contributed by atoms with Crippen molar-refractivity contribution in [1.82, 2.24) is 0 Å². The largest absolute Gasteiger partial charge is 0.459 e. The second kappa shape index (κ2) is 6.32. The Hall–Kier alpha value is -0.790. The lowest BCUT2D eigenvalue weighted by molar-refractivity contribution is -0.167. The quantitative estimate of drug-likeness (QED) is 0.508. The highest BCUT2D eigenvalue weighted by Gasteiger charge is 2.42. The zero-order chi connectivity index (χ0) is 15.4. The Labute approximate surface area is 125 Å². The highest BCUT2D eigenvalue weighted by atomic mass is 16.6. The van der Waals surface area contributed by atoms with Crippen LogP contribution in [0.2, 0.25) is 0 Å². The predicted molar refractivity (Wildman–Crippen MR) is 84.6 cm³/mol. The molecule has 116 valence electrons. The van der Waals surface area contributed by atoms with Crippen LogP contribution < -0.4 is 0 Å². The van der Waals surface area contributed by atoms with E-state index < -0.39 is 11.0 Å². The van der Waals surface area contributed by atoms with E-state index in [2.05, 4.69) is 32.9 Å². The van der Waals surface area contributed by atoms with E-state index in [1.54, 1.807) is 0 Å². The number of allylic oxidation sites excluding steroid dienone is 1. The van der Waals surface area contributed by atoms with E-state index in [0.29, 0.717) is 0 Å². The molecule has 1 atom stereocenters. The van der Waals surface area contributed by atoms with Crippen molar-refractivity contribution >= 4 is 5.97 Å². The molecule has 0 aliphatic heterocycles. The highest BCUT2D eigenvalue weighted by molar-refractivity contribution is 5.79. The van der Waals surface area contributed by atoms with Crippen LogP contribution in [-0.4, -0.2) is 11.6 Å². The van der Waals surface area contributed by atoms with E-state index >= 15 is 0 Å². The summed E-state index contributed by atoms with van der Waals surface area (Å²) < 4.78 is 5.73. The fourth-order valence-corrected chi connectivity index (χ4v) is 2.99. The van der Waals surface area contributed by atoms with Gasteiger partial charge in [-0.1, -0.05) is 45.8 Å². The number of esters is 1. The minimum atomic E-state index is -0.439. The lowest BCUT2D eigenvalue weighted by atomic mass is 9.70. The first kappa shape index (κ1) is 17.3. The molecule has 1 unspecified atom stereocenters. The van der Waals surface area contributed by atoms with Crippen LogP contribution in [0.1, 0.15) is 80.1 Å². The van der Waals surface area contributed by atoms with Gasteiger partial charge < -0.3 is 4.74 Å². The van der Waals surface area contributed by atoms with Gasteiger partial charge in [0.25, 0.3) is 0 Å². The molecule has 0 aromatic carbocycles. The molecule has 0 aromatic heterocycles. The SMILES string of the molecule is CC(C)(C)CC1(C(=O)OC(C)(C)C)/C=C/CCCCC1. The third-order valence-corrected chi connectivity index (χ3v) is 3.58. The smallest absolute Gasteiger partial charge is 0.316 e. The number of hydrogen-bond donors (Lipinski definition) is 0. The lowest BCUT2D eigenvalue weighted by Gasteiger charge is -2.37. The molecule has 0 saturated heterocycles. The Morgan fingerprint density at radius 3 is 2.30 bits per heavy atom. The van der Waals surface area contributed by atoms with Gasteiger partial charge in [-0.25, -0.2) is 0 Å². The van der Waals surface area contributed by atoms with E-state index in [9.17, 15) is 4.79 Å². The van der Waals surface area contributed by atoms with Crippen molar-refractivity contribution in [2.24, 2.45) is 10.8 Å². The fraction of sp³-hybridized carbons (Fsp3) is 0.833. The van der Waals surface area contributed by atoms with Crippen molar-refractivity contribution in [1.29, 1.82) is 0 Å². The molecular weight excluding hydrogens is 248 g/mol. The molecule has 0 aromatic rings. The van der Waals surface area contributed by atoms with Gasteiger partial charge in [0.15, 0.2) is 0 Å². The molecule has 1 rings (SSSR count). The van der Waals surface area contributed by atoms with Crippen LogP contribution in [0.3, 0.4) is 0 Å². The molecule has 1 aliphatic carbocycles. The topological polar surface area (TPSA) is 26.3 Å².